The molecule has 3 heterocycles. The molecule has 0 saturated heterocycles. The summed E-state index contributed by atoms with van der Waals surface area (Å²) < 4.78 is 23.5. The van der Waals surface area contributed by atoms with Gasteiger partial charge in [0.2, 0.25) is 0 Å². The third-order valence-electron chi connectivity index (χ3n) is 11.2. The summed E-state index contributed by atoms with van der Waals surface area (Å²) >= 11 is 6.05. The zero-order valence-electron chi connectivity index (χ0n) is 34.3. The van der Waals surface area contributed by atoms with E-state index in [2.05, 4.69) is 10.3 Å². The number of aliphatic imine (C=N–C) groups is 1. The van der Waals surface area contributed by atoms with Crippen molar-refractivity contribution in [1.82, 2.24) is 0 Å². The molecule has 9 atom stereocenters. The molecule has 14 nitrogen and oxygen atoms in total. The predicted octanol–water partition coefficient (Wildman–Crippen LogP) is 7.16. The van der Waals surface area contributed by atoms with Crippen LogP contribution in [0.2, 0.25) is 5.02 Å². The Morgan fingerprint density at radius 3 is 2.22 bits per heavy atom. The van der Waals surface area contributed by atoms with Gasteiger partial charge in [0.1, 0.15) is 23.4 Å². The molecular weight excluding hydrogens is 784 g/mol. The maximum atomic E-state index is 14.4. The van der Waals surface area contributed by atoms with E-state index in [-0.39, 0.29) is 44.5 Å². The molecule has 3 aromatic carbocycles. The molecule has 0 saturated carbocycles. The van der Waals surface area contributed by atoms with Crippen LogP contribution in [0.1, 0.15) is 70.0 Å². The molecule has 0 radical (unpaired) electrons. The second kappa shape index (κ2) is 17.8. The Bertz CT molecular complexity index is 2250. The van der Waals surface area contributed by atoms with Gasteiger partial charge in [0.05, 0.1) is 52.5 Å². The highest BCUT2D eigenvalue weighted by Gasteiger charge is 2.50. The number of methoxy groups -OCH3 is 1. The molecule has 316 valence electrons. The molecule has 59 heavy (non-hydrogen) atoms. The molecule has 0 fully saturated rings. The van der Waals surface area contributed by atoms with Crippen molar-refractivity contribution in [3.63, 3.8) is 0 Å². The van der Waals surface area contributed by atoms with Gasteiger partial charge >= 0.3 is 11.8 Å². The fourth-order valence-electron chi connectivity index (χ4n) is 7.54. The van der Waals surface area contributed by atoms with Gasteiger partial charge < -0.3 is 49.8 Å². The van der Waals surface area contributed by atoms with Crippen LogP contribution in [0.5, 0.6) is 23.0 Å². The highest BCUT2D eigenvalue weighted by Crippen LogP contribution is 2.55. The largest absolute Gasteiger partial charge is 0.507 e. The lowest BCUT2D eigenvalue weighted by molar-refractivity contribution is -0.160. The standard InChI is InChI=1S/C44H51ClN2O12/c1-20-11-10-12-21(2)43(55)47-34-29(19-46-28-15-13-27(45)14-16-28)38(52)31-32(39(34)53)37(51)25(6)41-33(31)42(54)44(8,59-41)57-18-17-30(56-9)22(3)40(58-26(7)48)24(5)36(50)23(4)35(20)49/h10-20,22-24,30,35-36,40,49-53H,1-9H3,(H,47,55). The number of halogens is 1. The fourth-order valence-corrected chi connectivity index (χ4v) is 7.66. The van der Waals surface area contributed by atoms with Gasteiger partial charge in [-0.1, -0.05) is 57.5 Å². The number of phenolic OH excluding ortho intramolecular Hbond substituents is 3. The van der Waals surface area contributed by atoms with Crippen LogP contribution in [-0.4, -0.2) is 86.7 Å². The number of carbonyl (C=O) groups is 3. The van der Waals surface area contributed by atoms with Gasteiger partial charge in [-0.3, -0.25) is 19.4 Å². The van der Waals surface area contributed by atoms with Gasteiger partial charge in [0.15, 0.2) is 5.75 Å². The van der Waals surface area contributed by atoms with Gasteiger partial charge in [-0.15, -0.1) is 0 Å². The normalized spacial score (nSPS) is 28.1. The lowest BCUT2D eigenvalue weighted by atomic mass is 9.78. The van der Waals surface area contributed by atoms with Crippen LogP contribution < -0.4 is 10.1 Å². The molecule has 0 aliphatic carbocycles. The van der Waals surface area contributed by atoms with Crippen molar-refractivity contribution in [3.8, 4) is 23.0 Å². The minimum Gasteiger partial charge on any atom is -0.507 e. The van der Waals surface area contributed by atoms with Crippen LogP contribution in [0, 0.1) is 30.6 Å². The Labute approximate surface area is 347 Å². The van der Waals surface area contributed by atoms with Crippen molar-refractivity contribution in [2.45, 2.75) is 85.6 Å². The Morgan fingerprint density at radius 1 is 0.932 bits per heavy atom. The number of ether oxygens (including phenoxy) is 4. The number of ketones is 1. The Hall–Kier alpha value is -5.41. The molecular formula is C44H51ClN2O12. The lowest BCUT2D eigenvalue weighted by Gasteiger charge is -2.38. The number of hydrogen-bond acceptors (Lipinski definition) is 13. The summed E-state index contributed by atoms with van der Waals surface area (Å²) in [6.45, 7) is 12.4. The van der Waals surface area contributed by atoms with E-state index >= 15 is 0 Å². The van der Waals surface area contributed by atoms with Crippen LogP contribution in [-0.2, 0) is 23.8 Å². The molecule has 0 aromatic heterocycles. The molecule has 3 aromatic rings. The van der Waals surface area contributed by atoms with E-state index in [0.29, 0.717) is 10.7 Å². The summed E-state index contributed by atoms with van der Waals surface area (Å²) in [7, 11) is 1.43. The summed E-state index contributed by atoms with van der Waals surface area (Å²) in [5, 5.41) is 60.7. The molecule has 3 aliphatic rings. The Kier molecular flexibility index (Phi) is 13.5. The number of anilines is 1. The molecule has 5 bridgehead atoms. The first-order valence-electron chi connectivity index (χ1n) is 19.1. The van der Waals surface area contributed by atoms with Crippen molar-refractivity contribution in [2.24, 2.45) is 28.7 Å². The summed E-state index contributed by atoms with van der Waals surface area (Å²) in [5.41, 5.74) is -0.173. The van der Waals surface area contributed by atoms with E-state index in [1.807, 2.05) is 0 Å². The summed E-state index contributed by atoms with van der Waals surface area (Å²) in [4.78, 5) is 44.9. The van der Waals surface area contributed by atoms with Gasteiger partial charge in [-0.25, -0.2) is 0 Å². The van der Waals surface area contributed by atoms with Gasteiger partial charge in [0.25, 0.3) is 11.7 Å². The van der Waals surface area contributed by atoms with Crippen LogP contribution in [0.3, 0.4) is 0 Å². The van der Waals surface area contributed by atoms with Crippen LogP contribution >= 0.6 is 11.6 Å². The molecule has 9 unspecified atom stereocenters. The number of allylic oxidation sites excluding steroid dienone is 2. The number of benzene rings is 3. The first kappa shape index (κ1) is 44.7. The minimum absolute atomic E-state index is 0.0316. The first-order chi connectivity index (χ1) is 27.7. The summed E-state index contributed by atoms with van der Waals surface area (Å²) in [6.07, 6.45) is 4.62. The number of rotatable bonds is 4. The van der Waals surface area contributed by atoms with Gasteiger partial charge in [0, 0.05) is 72.4 Å². The second-order valence-corrected chi connectivity index (χ2v) is 15.8. The number of aromatic hydroxyl groups is 3. The number of esters is 1. The van der Waals surface area contributed by atoms with Gasteiger partial charge in [-0.2, -0.15) is 0 Å². The SMILES string of the molecule is COC1C=COC2(C)Oc3c(C)c(O)c4c(O)c(c(C=Nc5ccc(Cl)cc5)c(O)c4c3C2=O)NC(=O)C(C)=CC=CC(C)C(O)C(C)C(O)C(C)C(OC(C)=O)C1C. The number of fused-ring (bicyclic) bond motifs is 14. The number of nitrogens with zero attached hydrogens (tertiary/aromatic N) is 1. The number of aliphatic hydroxyl groups excluding tert-OH is 2. The quantitative estimate of drug-likeness (QED) is 0.0669. The zero-order valence-corrected chi connectivity index (χ0v) is 35.1. The topological polar surface area (TPSA) is 214 Å². The number of phenols is 3. The smallest absolute Gasteiger partial charge is 0.312 e. The summed E-state index contributed by atoms with van der Waals surface area (Å²) in [6, 6.07) is 6.39. The van der Waals surface area contributed by atoms with Crippen molar-refractivity contribution >= 4 is 57.6 Å². The highest BCUT2D eigenvalue weighted by atomic mass is 35.5. The zero-order chi connectivity index (χ0) is 43.7. The lowest BCUT2D eigenvalue weighted by Crippen LogP contribution is -2.46. The van der Waals surface area contributed by atoms with Crippen molar-refractivity contribution in [3.05, 3.63) is 82.1 Å². The van der Waals surface area contributed by atoms with Crippen molar-refractivity contribution in [1.29, 1.82) is 0 Å². The van der Waals surface area contributed by atoms with E-state index in [4.69, 9.17) is 30.5 Å². The number of hydrogen-bond donors (Lipinski definition) is 6. The average Bonchev–Trinajstić information content (AvgIpc) is 3.46. The molecule has 6 rings (SSSR count). The molecule has 3 aliphatic heterocycles. The van der Waals surface area contributed by atoms with Crippen LogP contribution in [0.15, 0.2) is 65.4 Å². The van der Waals surface area contributed by atoms with E-state index < -0.39 is 88.8 Å². The summed E-state index contributed by atoms with van der Waals surface area (Å²) in [5.74, 6) is -8.65. The molecule has 6 N–H and O–H groups in total. The third-order valence-corrected chi connectivity index (χ3v) is 11.5. The average molecular weight is 835 g/mol. The monoisotopic (exact) mass is 834 g/mol. The predicted molar refractivity (Wildman–Crippen MR) is 223 cm³/mol. The minimum atomic E-state index is -2.07. The first-order valence-corrected chi connectivity index (χ1v) is 19.5. The number of carbonyl (C=O) groups excluding carboxylic acids is 3. The second-order valence-electron chi connectivity index (χ2n) is 15.4. The van der Waals surface area contributed by atoms with E-state index in [1.165, 1.54) is 59.4 Å². The van der Waals surface area contributed by atoms with E-state index in [1.54, 1.807) is 64.1 Å². The maximum absolute atomic E-state index is 14.4. The highest BCUT2D eigenvalue weighted by molar-refractivity contribution is 6.30. The van der Waals surface area contributed by atoms with Crippen molar-refractivity contribution in [2.75, 3.05) is 12.4 Å². The maximum Gasteiger partial charge on any atom is 0.312 e. The van der Waals surface area contributed by atoms with Crippen LogP contribution in [0.25, 0.3) is 10.8 Å². The Balaban J connectivity index is 1.73. The number of Topliss-reactive ketones (excluding diaryl/α,β-unsaturated/α-hetero) is 1. The number of nitrogens with one attached hydrogen (secondary N) is 1. The Morgan fingerprint density at radius 2 is 1.59 bits per heavy atom. The number of aliphatic hydroxyl groups is 2. The molecule has 1 amide bonds. The fraction of sp³-hybridized carbons (Fsp3) is 0.409. The van der Waals surface area contributed by atoms with Crippen LogP contribution in [0.4, 0.5) is 11.4 Å². The van der Waals surface area contributed by atoms with E-state index in [9.17, 15) is 39.9 Å². The van der Waals surface area contributed by atoms with E-state index in [0.717, 1.165) is 0 Å². The molecule has 15 heteroatoms. The van der Waals surface area contributed by atoms with Crippen molar-refractivity contribution < 1.29 is 58.9 Å². The third kappa shape index (κ3) is 8.81. The number of amides is 1. The molecule has 0 spiro atoms. The van der Waals surface area contributed by atoms with Gasteiger partial charge in [-0.05, 0) is 44.2 Å².